The summed E-state index contributed by atoms with van der Waals surface area (Å²) in [6.07, 6.45) is 1.65. The highest BCUT2D eigenvalue weighted by molar-refractivity contribution is 7.16. The van der Waals surface area contributed by atoms with Crippen LogP contribution in [0.1, 0.15) is 61.7 Å². The zero-order valence-corrected chi connectivity index (χ0v) is 16.9. The Hall–Kier alpha value is -2.15. The first-order chi connectivity index (χ1) is 12.6. The smallest absolute Gasteiger partial charge is 0.307 e. The molecule has 2 saturated carbocycles. The molecule has 2 aliphatic carbocycles. The Kier molecular flexibility index (Phi) is 5.16. The quantitative estimate of drug-likeness (QED) is 0.667. The molecule has 146 valence electrons. The van der Waals surface area contributed by atoms with Crippen LogP contribution in [0, 0.1) is 23.7 Å². The summed E-state index contributed by atoms with van der Waals surface area (Å²) in [5, 5.41) is 13.0. The first kappa shape index (κ1) is 19.6. The molecule has 4 N–H and O–H groups in total. The van der Waals surface area contributed by atoms with E-state index in [1.165, 1.54) is 11.3 Å². The second-order valence-electron chi connectivity index (χ2n) is 8.04. The SMILES string of the molecule is CC(C)=C1[C@H]2CC[C@@H]1[C@@H](C(=O)Nc1sc(C(C)C)cc1C(N)=O)[C@@H]2C(=O)O. The van der Waals surface area contributed by atoms with E-state index in [4.69, 9.17) is 5.73 Å². The third-order valence-corrected chi connectivity index (χ3v) is 7.18. The molecule has 1 aromatic heterocycles. The molecule has 7 heteroatoms. The van der Waals surface area contributed by atoms with Gasteiger partial charge in [0.05, 0.1) is 17.4 Å². The van der Waals surface area contributed by atoms with Crippen LogP contribution in [0.5, 0.6) is 0 Å². The average molecular weight is 391 g/mol. The molecule has 2 amide bonds. The molecule has 1 heterocycles. The fraction of sp³-hybridized carbons (Fsp3) is 0.550. The van der Waals surface area contributed by atoms with Crippen molar-refractivity contribution in [2.75, 3.05) is 5.32 Å². The Bertz CT molecular complexity index is 835. The number of primary amides is 1. The lowest BCUT2D eigenvalue weighted by atomic mass is 9.79. The standard InChI is InChI=1S/C20H26N2O4S/c1-8(2)13-7-12(17(21)23)19(27-13)22-18(24)15-10-5-6-11(14(10)9(3)4)16(15)20(25)26/h7-8,10-11,15-16H,5-6H2,1-4H3,(H2,21,23)(H,22,24)(H,25,26)/t10-,11+,15+,16+/m0/s1. The van der Waals surface area contributed by atoms with Crippen molar-refractivity contribution < 1.29 is 19.5 Å². The van der Waals surface area contributed by atoms with Gasteiger partial charge in [-0.1, -0.05) is 25.0 Å². The van der Waals surface area contributed by atoms with Gasteiger partial charge in [-0.25, -0.2) is 0 Å². The molecule has 0 aliphatic heterocycles. The number of aliphatic carboxylic acids is 1. The highest BCUT2D eigenvalue weighted by atomic mass is 32.1. The molecule has 4 atom stereocenters. The van der Waals surface area contributed by atoms with Gasteiger partial charge in [0.2, 0.25) is 5.91 Å². The van der Waals surface area contributed by atoms with Gasteiger partial charge in [0.1, 0.15) is 5.00 Å². The number of fused-ring (bicyclic) bond motifs is 2. The van der Waals surface area contributed by atoms with Crippen molar-refractivity contribution in [2.45, 2.75) is 46.5 Å². The van der Waals surface area contributed by atoms with E-state index < -0.39 is 23.7 Å². The Morgan fingerprint density at radius 2 is 1.78 bits per heavy atom. The molecule has 2 aliphatic rings. The van der Waals surface area contributed by atoms with E-state index in [0.29, 0.717) is 5.00 Å². The Morgan fingerprint density at radius 1 is 1.19 bits per heavy atom. The van der Waals surface area contributed by atoms with E-state index in [-0.39, 0.29) is 29.2 Å². The largest absolute Gasteiger partial charge is 0.481 e. The topological polar surface area (TPSA) is 109 Å². The molecule has 0 saturated heterocycles. The van der Waals surface area contributed by atoms with Crippen LogP contribution in [0.25, 0.3) is 0 Å². The van der Waals surface area contributed by atoms with Gasteiger partial charge in [0.25, 0.3) is 5.91 Å². The molecule has 3 rings (SSSR count). The summed E-state index contributed by atoms with van der Waals surface area (Å²) in [6, 6.07) is 1.71. The van der Waals surface area contributed by atoms with E-state index in [9.17, 15) is 19.5 Å². The van der Waals surface area contributed by atoms with Crippen molar-refractivity contribution in [3.05, 3.63) is 27.7 Å². The maximum Gasteiger partial charge on any atom is 0.307 e. The van der Waals surface area contributed by atoms with E-state index in [0.717, 1.165) is 28.9 Å². The number of amides is 2. The summed E-state index contributed by atoms with van der Waals surface area (Å²) in [4.78, 5) is 37.7. The molecule has 2 bridgehead atoms. The van der Waals surface area contributed by atoms with Crippen LogP contribution in [-0.2, 0) is 9.59 Å². The minimum absolute atomic E-state index is 0.0392. The second-order valence-corrected chi connectivity index (χ2v) is 9.12. The third kappa shape index (κ3) is 3.29. The van der Waals surface area contributed by atoms with E-state index in [1.54, 1.807) is 6.07 Å². The van der Waals surface area contributed by atoms with E-state index in [2.05, 4.69) is 5.32 Å². The number of thiophene rings is 1. The Morgan fingerprint density at radius 3 is 2.26 bits per heavy atom. The number of nitrogens with one attached hydrogen (secondary N) is 1. The molecule has 0 unspecified atom stereocenters. The van der Waals surface area contributed by atoms with E-state index in [1.807, 2.05) is 27.7 Å². The average Bonchev–Trinajstić information content (AvgIpc) is 3.24. The molecule has 1 aromatic rings. The zero-order valence-electron chi connectivity index (χ0n) is 16.0. The fourth-order valence-corrected chi connectivity index (χ4v) is 5.84. The van der Waals surface area contributed by atoms with Crippen molar-refractivity contribution in [2.24, 2.45) is 29.4 Å². The minimum atomic E-state index is -0.926. The molecule has 2 fully saturated rings. The van der Waals surface area contributed by atoms with Gasteiger partial charge in [-0.2, -0.15) is 0 Å². The number of nitrogens with two attached hydrogens (primary N) is 1. The van der Waals surface area contributed by atoms with Crippen LogP contribution in [0.4, 0.5) is 5.00 Å². The highest BCUT2D eigenvalue weighted by Crippen LogP contribution is 2.57. The summed E-state index contributed by atoms with van der Waals surface area (Å²) in [5.74, 6) is -3.09. The summed E-state index contributed by atoms with van der Waals surface area (Å²) < 4.78 is 0. The fourth-order valence-electron chi connectivity index (χ4n) is 4.77. The van der Waals surface area contributed by atoms with Crippen LogP contribution in [0.15, 0.2) is 17.2 Å². The lowest BCUT2D eigenvalue weighted by Crippen LogP contribution is -2.38. The summed E-state index contributed by atoms with van der Waals surface area (Å²) >= 11 is 1.33. The van der Waals surface area contributed by atoms with E-state index >= 15 is 0 Å². The maximum absolute atomic E-state index is 13.1. The van der Waals surface area contributed by atoms with Gasteiger partial charge in [-0.3, -0.25) is 14.4 Å². The molecular weight excluding hydrogens is 364 g/mol. The number of carboxylic acids is 1. The number of rotatable bonds is 5. The number of hydrogen-bond donors (Lipinski definition) is 3. The van der Waals surface area contributed by atoms with Crippen molar-refractivity contribution in [3.63, 3.8) is 0 Å². The third-order valence-electron chi connectivity index (χ3n) is 5.83. The monoisotopic (exact) mass is 390 g/mol. The maximum atomic E-state index is 13.1. The van der Waals surface area contributed by atoms with Crippen molar-refractivity contribution in [3.8, 4) is 0 Å². The number of hydrogen-bond acceptors (Lipinski definition) is 4. The van der Waals surface area contributed by atoms with Crippen LogP contribution in [-0.4, -0.2) is 22.9 Å². The van der Waals surface area contributed by atoms with Crippen molar-refractivity contribution in [1.29, 1.82) is 0 Å². The normalized spacial score (nSPS) is 26.5. The summed E-state index contributed by atoms with van der Waals surface area (Å²) in [5.41, 5.74) is 8.00. The van der Waals surface area contributed by atoms with Crippen LogP contribution >= 0.6 is 11.3 Å². The van der Waals surface area contributed by atoms with Gasteiger partial charge in [-0.15, -0.1) is 11.3 Å². The number of carbonyl (C=O) groups is 3. The number of anilines is 1. The van der Waals surface area contributed by atoms with Gasteiger partial charge in [-0.05, 0) is 50.5 Å². The number of carboxylic acid groups (broad SMARTS) is 1. The van der Waals surface area contributed by atoms with Crippen LogP contribution in [0.2, 0.25) is 0 Å². The zero-order chi connectivity index (χ0) is 20.0. The number of allylic oxidation sites excluding steroid dienone is 2. The lowest BCUT2D eigenvalue weighted by Gasteiger charge is -2.26. The predicted molar refractivity (Wildman–Crippen MR) is 105 cm³/mol. The predicted octanol–water partition coefficient (Wildman–Crippen LogP) is 3.60. The first-order valence-corrected chi connectivity index (χ1v) is 10.1. The molecule has 6 nitrogen and oxygen atoms in total. The molecular formula is C20H26N2O4S. The van der Waals surface area contributed by atoms with Gasteiger partial charge in [0.15, 0.2) is 0 Å². The Balaban J connectivity index is 1.93. The molecule has 27 heavy (non-hydrogen) atoms. The van der Waals surface area contributed by atoms with Gasteiger partial charge >= 0.3 is 5.97 Å². The number of carbonyl (C=O) groups excluding carboxylic acids is 2. The van der Waals surface area contributed by atoms with Crippen molar-refractivity contribution in [1.82, 2.24) is 0 Å². The summed E-state index contributed by atoms with van der Waals surface area (Å²) in [7, 11) is 0. The Labute approximate surface area is 162 Å². The van der Waals surface area contributed by atoms with Crippen LogP contribution in [0.3, 0.4) is 0 Å². The highest BCUT2D eigenvalue weighted by Gasteiger charge is 2.57. The van der Waals surface area contributed by atoms with Crippen LogP contribution < -0.4 is 11.1 Å². The molecule has 0 spiro atoms. The summed E-state index contributed by atoms with van der Waals surface area (Å²) in [6.45, 7) is 7.97. The van der Waals surface area contributed by atoms with Gasteiger partial charge < -0.3 is 16.2 Å². The minimum Gasteiger partial charge on any atom is -0.481 e. The first-order valence-electron chi connectivity index (χ1n) is 9.27. The molecule has 0 radical (unpaired) electrons. The van der Waals surface area contributed by atoms with Gasteiger partial charge in [0, 0.05) is 4.88 Å². The molecule has 0 aromatic carbocycles. The lowest BCUT2D eigenvalue weighted by molar-refractivity contribution is -0.148. The van der Waals surface area contributed by atoms with Crippen molar-refractivity contribution >= 4 is 34.1 Å². The second kappa shape index (κ2) is 7.11.